The molecule has 0 aliphatic carbocycles. The third-order valence-electron chi connectivity index (χ3n) is 4.22. The van der Waals surface area contributed by atoms with Crippen molar-refractivity contribution in [1.29, 1.82) is 0 Å². The summed E-state index contributed by atoms with van der Waals surface area (Å²) in [6.45, 7) is 7.01. The minimum Gasteiger partial charge on any atom is -0.381 e. The molecule has 1 N–H and O–H groups in total. The van der Waals surface area contributed by atoms with Gasteiger partial charge in [0.2, 0.25) is 11.8 Å². The first-order chi connectivity index (χ1) is 9.61. The van der Waals surface area contributed by atoms with Crippen LogP contribution in [0.1, 0.15) is 39.5 Å². The molecule has 0 saturated carbocycles. The van der Waals surface area contributed by atoms with Crippen molar-refractivity contribution >= 4 is 11.8 Å². The van der Waals surface area contributed by atoms with Crippen molar-refractivity contribution in [1.82, 2.24) is 10.2 Å². The van der Waals surface area contributed by atoms with Gasteiger partial charge in [-0.05, 0) is 25.3 Å². The predicted octanol–water partition coefficient (Wildman–Crippen LogP) is 1.18. The number of imide groups is 1. The Kier molecular flexibility index (Phi) is 5.54. The highest BCUT2D eigenvalue weighted by atomic mass is 16.5. The first-order valence-corrected chi connectivity index (χ1v) is 7.76. The van der Waals surface area contributed by atoms with Crippen LogP contribution >= 0.6 is 0 Å². The molecule has 20 heavy (non-hydrogen) atoms. The van der Waals surface area contributed by atoms with Crippen LogP contribution in [0.15, 0.2) is 0 Å². The van der Waals surface area contributed by atoms with Crippen molar-refractivity contribution in [2.45, 2.75) is 45.6 Å². The number of amides is 2. The van der Waals surface area contributed by atoms with E-state index in [1.165, 1.54) is 4.90 Å². The van der Waals surface area contributed by atoms with Crippen LogP contribution in [0.3, 0.4) is 0 Å². The lowest BCUT2D eigenvalue weighted by Gasteiger charge is -2.33. The minimum atomic E-state index is -0.0176. The van der Waals surface area contributed by atoms with E-state index in [0.29, 0.717) is 25.3 Å². The maximum Gasteiger partial charge on any atom is 0.229 e. The summed E-state index contributed by atoms with van der Waals surface area (Å²) in [5.41, 5.74) is 0. The molecule has 5 heteroatoms. The first kappa shape index (κ1) is 15.4. The third-order valence-corrected chi connectivity index (χ3v) is 4.22. The molecule has 2 amide bonds. The van der Waals surface area contributed by atoms with Crippen molar-refractivity contribution in [3.8, 4) is 0 Å². The smallest absolute Gasteiger partial charge is 0.229 e. The highest BCUT2D eigenvalue weighted by Gasteiger charge is 2.34. The monoisotopic (exact) mass is 282 g/mol. The van der Waals surface area contributed by atoms with Gasteiger partial charge in [-0.1, -0.05) is 13.8 Å². The molecule has 2 saturated heterocycles. The van der Waals surface area contributed by atoms with E-state index in [4.69, 9.17) is 4.74 Å². The van der Waals surface area contributed by atoms with Gasteiger partial charge in [0, 0.05) is 38.0 Å². The fourth-order valence-corrected chi connectivity index (χ4v) is 3.01. The molecule has 2 atom stereocenters. The van der Waals surface area contributed by atoms with E-state index in [2.05, 4.69) is 12.2 Å². The number of carbonyl (C=O) groups is 2. The van der Waals surface area contributed by atoms with Gasteiger partial charge >= 0.3 is 0 Å². The summed E-state index contributed by atoms with van der Waals surface area (Å²) < 4.78 is 5.45. The van der Waals surface area contributed by atoms with E-state index >= 15 is 0 Å². The molecule has 2 unspecified atom stereocenters. The molecule has 2 heterocycles. The highest BCUT2D eigenvalue weighted by molar-refractivity contribution is 5.97. The largest absolute Gasteiger partial charge is 0.381 e. The number of nitrogens with zero attached hydrogens (tertiary/aromatic N) is 1. The Balaban J connectivity index is 1.98. The van der Waals surface area contributed by atoms with E-state index in [0.717, 1.165) is 32.6 Å². The zero-order valence-electron chi connectivity index (χ0n) is 12.6. The van der Waals surface area contributed by atoms with Crippen LogP contribution in [-0.4, -0.2) is 49.1 Å². The number of likely N-dealkylation sites (tertiary alicyclic amines) is 1. The Morgan fingerprint density at radius 3 is 2.60 bits per heavy atom. The molecule has 0 spiro atoms. The van der Waals surface area contributed by atoms with E-state index in [-0.39, 0.29) is 23.8 Å². The molecule has 0 radical (unpaired) electrons. The number of hydrogen-bond donors (Lipinski definition) is 1. The van der Waals surface area contributed by atoms with Crippen LogP contribution in [0.2, 0.25) is 0 Å². The average molecular weight is 282 g/mol. The normalized spacial score (nSPS) is 26.3. The Bertz CT molecular complexity index is 335. The van der Waals surface area contributed by atoms with Crippen molar-refractivity contribution in [2.75, 3.05) is 26.3 Å². The van der Waals surface area contributed by atoms with Crippen molar-refractivity contribution in [2.24, 2.45) is 11.8 Å². The van der Waals surface area contributed by atoms with Gasteiger partial charge in [-0.2, -0.15) is 0 Å². The van der Waals surface area contributed by atoms with E-state index < -0.39 is 0 Å². The molecule has 2 aliphatic rings. The summed E-state index contributed by atoms with van der Waals surface area (Å²) >= 11 is 0. The summed E-state index contributed by atoms with van der Waals surface area (Å²) in [5.74, 6) is 0.552. The van der Waals surface area contributed by atoms with Crippen LogP contribution in [0.25, 0.3) is 0 Å². The summed E-state index contributed by atoms with van der Waals surface area (Å²) in [7, 11) is 0. The van der Waals surface area contributed by atoms with Crippen LogP contribution in [0, 0.1) is 11.8 Å². The Hall–Kier alpha value is -0.940. The summed E-state index contributed by atoms with van der Waals surface area (Å²) in [6.07, 6.45) is 3.04. The summed E-state index contributed by atoms with van der Waals surface area (Å²) in [4.78, 5) is 25.6. The van der Waals surface area contributed by atoms with E-state index in [1.54, 1.807) is 0 Å². The molecule has 0 aromatic rings. The number of hydrogen-bond acceptors (Lipinski definition) is 4. The molecule has 0 bridgehead atoms. The SMILES string of the molecule is CCCNC(CN1C(=O)CC(C)CC1=O)C1CCOC1. The van der Waals surface area contributed by atoms with Crippen molar-refractivity contribution in [3.05, 3.63) is 0 Å². The zero-order chi connectivity index (χ0) is 14.5. The molecule has 0 aromatic carbocycles. The number of piperidine rings is 1. The minimum absolute atomic E-state index is 0.0176. The number of carbonyl (C=O) groups excluding carboxylic acids is 2. The molecule has 0 aromatic heterocycles. The fourth-order valence-electron chi connectivity index (χ4n) is 3.01. The highest BCUT2D eigenvalue weighted by Crippen LogP contribution is 2.22. The molecule has 2 fully saturated rings. The maximum atomic E-state index is 12.1. The second-order valence-corrected chi connectivity index (χ2v) is 6.10. The van der Waals surface area contributed by atoms with Gasteiger partial charge in [-0.3, -0.25) is 14.5 Å². The third kappa shape index (κ3) is 3.79. The summed E-state index contributed by atoms with van der Waals surface area (Å²) in [6, 6.07) is 0.166. The fraction of sp³-hybridized carbons (Fsp3) is 0.867. The van der Waals surface area contributed by atoms with Crippen LogP contribution in [0.5, 0.6) is 0 Å². The second kappa shape index (κ2) is 7.18. The van der Waals surface area contributed by atoms with Gasteiger partial charge in [0.05, 0.1) is 6.61 Å². The standard InChI is InChI=1S/C15H26N2O3/c1-3-5-16-13(12-4-6-20-10-12)9-17-14(18)7-11(2)8-15(17)19/h11-13,16H,3-10H2,1-2H3. The molecule has 2 rings (SSSR count). The summed E-state index contributed by atoms with van der Waals surface area (Å²) in [5, 5.41) is 3.48. The zero-order valence-corrected chi connectivity index (χ0v) is 12.6. The Morgan fingerprint density at radius 1 is 1.35 bits per heavy atom. The van der Waals surface area contributed by atoms with Gasteiger partial charge in [-0.15, -0.1) is 0 Å². The maximum absolute atomic E-state index is 12.1. The Morgan fingerprint density at radius 2 is 2.05 bits per heavy atom. The Labute approximate surface area is 121 Å². The molecular weight excluding hydrogens is 256 g/mol. The average Bonchev–Trinajstić information content (AvgIpc) is 2.91. The van der Waals surface area contributed by atoms with Crippen molar-refractivity contribution < 1.29 is 14.3 Å². The topological polar surface area (TPSA) is 58.6 Å². The lowest BCUT2D eigenvalue weighted by molar-refractivity contribution is -0.150. The lowest BCUT2D eigenvalue weighted by Crippen LogP contribution is -2.52. The molecular formula is C15H26N2O3. The van der Waals surface area contributed by atoms with Crippen LogP contribution in [-0.2, 0) is 14.3 Å². The van der Waals surface area contributed by atoms with Gasteiger partial charge in [0.1, 0.15) is 0 Å². The van der Waals surface area contributed by atoms with Crippen molar-refractivity contribution in [3.63, 3.8) is 0 Å². The van der Waals surface area contributed by atoms with Crippen LogP contribution < -0.4 is 5.32 Å². The number of ether oxygens (including phenoxy) is 1. The van der Waals surface area contributed by atoms with Crippen LogP contribution in [0.4, 0.5) is 0 Å². The van der Waals surface area contributed by atoms with Gasteiger partial charge in [-0.25, -0.2) is 0 Å². The van der Waals surface area contributed by atoms with E-state index in [9.17, 15) is 9.59 Å². The van der Waals surface area contributed by atoms with E-state index in [1.807, 2.05) is 6.92 Å². The van der Waals surface area contributed by atoms with Gasteiger partial charge in [0.25, 0.3) is 0 Å². The quantitative estimate of drug-likeness (QED) is 0.743. The molecule has 2 aliphatic heterocycles. The lowest BCUT2D eigenvalue weighted by atomic mass is 9.94. The first-order valence-electron chi connectivity index (χ1n) is 7.76. The number of rotatable bonds is 6. The van der Waals surface area contributed by atoms with Gasteiger partial charge < -0.3 is 10.1 Å². The van der Waals surface area contributed by atoms with Gasteiger partial charge in [0.15, 0.2) is 0 Å². The molecule has 114 valence electrons. The number of nitrogens with one attached hydrogen (secondary N) is 1. The molecule has 5 nitrogen and oxygen atoms in total. The second-order valence-electron chi connectivity index (χ2n) is 6.10. The predicted molar refractivity (Wildman–Crippen MR) is 76.1 cm³/mol.